The summed E-state index contributed by atoms with van der Waals surface area (Å²) in [5, 5.41) is 0. The molecular formula is C13H13NO3. The second-order valence-corrected chi connectivity index (χ2v) is 4.35. The van der Waals surface area contributed by atoms with Gasteiger partial charge in [-0.05, 0) is 23.6 Å². The fourth-order valence-electron chi connectivity index (χ4n) is 2.14. The van der Waals surface area contributed by atoms with Gasteiger partial charge in [0.15, 0.2) is 0 Å². The van der Waals surface area contributed by atoms with E-state index in [2.05, 4.69) is 0 Å². The SMILES string of the molecule is NC(=O)c1ccc(C2CC(=O)CC(=O)C2)cc1. The summed E-state index contributed by atoms with van der Waals surface area (Å²) in [6, 6.07) is 6.77. The molecular weight excluding hydrogens is 218 g/mol. The molecule has 1 aliphatic rings. The average molecular weight is 231 g/mol. The Bertz CT molecular complexity index is 460. The first-order valence-electron chi connectivity index (χ1n) is 5.49. The first-order chi connectivity index (χ1) is 8.06. The molecule has 1 saturated carbocycles. The molecule has 2 N–H and O–H groups in total. The first kappa shape index (κ1) is 11.5. The number of nitrogens with two attached hydrogens (primary N) is 1. The Balaban J connectivity index is 2.19. The van der Waals surface area contributed by atoms with Crippen LogP contribution in [0.1, 0.15) is 41.1 Å². The van der Waals surface area contributed by atoms with E-state index in [-0.39, 0.29) is 23.9 Å². The normalized spacial score (nSPS) is 17.2. The zero-order chi connectivity index (χ0) is 12.4. The molecule has 1 aromatic rings. The van der Waals surface area contributed by atoms with E-state index in [1.807, 2.05) is 0 Å². The molecule has 4 heteroatoms. The van der Waals surface area contributed by atoms with Crippen molar-refractivity contribution in [2.24, 2.45) is 5.73 Å². The maximum Gasteiger partial charge on any atom is 0.248 e. The molecule has 1 aromatic carbocycles. The van der Waals surface area contributed by atoms with Crippen LogP contribution in [-0.4, -0.2) is 17.5 Å². The number of Topliss-reactive ketones (excluding diaryl/α,β-unsaturated/α-hetero) is 2. The van der Waals surface area contributed by atoms with Gasteiger partial charge in [-0.1, -0.05) is 12.1 Å². The quantitative estimate of drug-likeness (QED) is 0.776. The van der Waals surface area contributed by atoms with Crippen LogP contribution in [0.4, 0.5) is 0 Å². The Morgan fingerprint density at radius 3 is 2.06 bits per heavy atom. The van der Waals surface area contributed by atoms with Gasteiger partial charge >= 0.3 is 0 Å². The van der Waals surface area contributed by atoms with Gasteiger partial charge in [-0.2, -0.15) is 0 Å². The van der Waals surface area contributed by atoms with Crippen LogP contribution >= 0.6 is 0 Å². The van der Waals surface area contributed by atoms with Gasteiger partial charge in [-0.25, -0.2) is 0 Å². The molecule has 0 aromatic heterocycles. The lowest BCUT2D eigenvalue weighted by atomic mass is 9.82. The molecule has 0 saturated heterocycles. The number of carbonyl (C=O) groups is 3. The Morgan fingerprint density at radius 1 is 1.06 bits per heavy atom. The second kappa shape index (κ2) is 4.49. The molecule has 1 fully saturated rings. The number of amides is 1. The minimum Gasteiger partial charge on any atom is -0.366 e. The summed E-state index contributed by atoms with van der Waals surface area (Å²) >= 11 is 0. The minimum atomic E-state index is -0.479. The van der Waals surface area contributed by atoms with Crippen molar-refractivity contribution >= 4 is 17.5 Å². The van der Waals surface area contributed by atoms with Crippen molar-refractivity contribution in [1.29, 1.82) is 0 Å². The van der Waals surface area contributed by atoms with Crippen molar-refractivity contribution in [1.82, 2.24) is 0 Å². The van der Waals surface area contributed by atoms with Gasteiger partial charge in [0.05, 0.1) is 6.42 Å². The topological polar surface area (TPSA) is 77.2 Å². The van der Waals surface area contributed by atoms with Gasteiger partial charge in [-0.15, -0.1) is 0 Å². The molecule has 0 spiro atoms. The van der Waals surface area contributed by atoms with Crippen LogP contribution < -0.4 is 5.73 Å². The third-order valence-corrected chi connectivity index (χ3v) is 3.01. The zero-order valence-corrected chi connectivity index (χ0v) is 9.31. The average Bonchev–Trinajstić information content (AvgIpc) is 2.28. The number of hydrogen-bond acceptors (Lipinski definition) is 3. The van der Waals surface area contributed by atoms with Crippen molar-refractivity contribution < 1.29 is 14.4 Å². The van der Waals surface area contributed by atoms with E-state index in [0.717, 1.165) is 5.56 Å². The highest BCUT2D eigenvalue weighted by atomic mass is 16.2. The van der Waals surface area contributed by atoms with E-state index in [9.17, 15) is 14.4 Å². The van der Waals surface area contributed by atoms with Crippen LogP contribution in [0.25, 0.3) is 0 Å². The lowest BCUT2D eigenvalue weighted by Gasteiger charge is -2.20. The van der Waals surface area contributed by atoms with Crippen LogP contribution in [0.2, 0.25) is 0 Å². The molecule has 0 bridgehead atoms. The number of hydrogen-bond donors (Lipinski definition) is 1. The van der Waals surface area contributed by atoms with E-state index in [4.69, 9.17) is 5.73 Å². The highest BCUT2D eigenvalue weighted by Crippen LogP contribution is 2.29. The van der Waals surface area contributed by atoms with Gasteiger partial charge in [0.2, 0.25) is 5.91 Å². The van der Waals surface area contributed by atoms with Crippen molar-refractivity contribution in [3.8, 4) is 0 Å². The van der Waals surface area contributed by atoms with E-state index >= 15 is 0 Å². The highest BCUT2D eigenvalue weighted by molar-refractivity contribution is 6.02. The standard InChI is InChI=1S/C13H13NO3/c14-13(17)9-3-1-8(2-4-9)10-5-11(15)7-12(16)6-10/h1-4,10H,5-7H2,(H2,14,17). The van der Waals surface area contributed by atoms with Gasteiger partial charge in [0.25, 0.3) is 0 Å². The molecule has 17 heavy (non-hydrogen) atoms. The summed E-state index contributed by atoms with van der Waals surface area (Å²) in [6.45, 7) is 0. The first-order valence-corrected chi connectivity index (χ1v) is 5.49. The largest absolute Gasteiger partial charge is 0.366 e. The summed E-state index contributed by atoms with van der Waals surface area (Å²) in [5.74, 6) is -0.548. The third-order valence-electron chi connectivity index (χ3n) is 3.01. The Morgan fingerprint density at radius 2 is 1.59 bits per heavy atom. The molecule has 0 aliphatic heterocycles. The fraction of sp³-hybridized carbons (Fsp3) is 0.308. The van der Waals surface area contributed by atoms with E-state index in [0.29, 0.717) is 18.4 Å². The smallest absolute Gasteiger partial charge is 0.248 e. The maximum absolute atomic E-state index is 11.3. The van der Waals surface area contributed by atoms with Crippen LogP contribution in [-0.2, 0) is 9.59 Å². The maximum atomic E-state index is 11.3. The Hall–Kier alpha value is -1.97. The number of benzene rings is 1. The monoisotopic (exact) mass is 231 g/mol. The predicted octanol–water partition coefficient (Wildman–Crippen LogP) is 1.19. The third kappa shape index (κ3) is 2.58. The van der Waals surface area contributed by atoms with Crippen molar-refractivity contribution in [3.63, 3.8) is 0 Å². The minimum absolute atomic E-state index is 0.00905. The van der Waals surface area contributed by atoms with E-state index in [1.54, 1.807) is 24.3 Å². The molecule has 0 atom stereocenters. The number of carbonyl (C=O) groups excluding carboxylic acids is 3. The molecule has 88 valence electrons. The summed E-state index contributed by atoms with van der Waals surface area (Å²) in [6.07, 6.45) is 0.874. The van der Waals surface area contributed by atoms with Crippen molar-refractivity contribution in [3.05, 3.63) is 35.4 Å². The van der Waals surface area contributed by atoms with Crippen LogP contribution in [0, 0.1) is 0 Å². The van der Waals surface area contributed by atoms with Gasteiger partial charge in [0, 0.05) is 18.4 Å². The van der Waals surface area contributed by atoms with Crippen LogP contribution in [0.3, 0.4) is 0 Å². The fourth-order valence-corrected chi connectivity index (χ4v) is 2.14. The number of primary amides is 1. The Labute approximate surface area is 98.8 Å². The molecule has 2 rings (SSSR count). The second-order valence-electron chi connectivity index (χ2n) is 4.35. The molecule has 4 nitrogen and oxygen atoms in total. The summed E-state index contributed by atoms with van der Waals surface area (Å²) in [4.78, 5) is 33.6. The lowest BCUT2D eigenvalue weighted by Crippen LogP contribution is -2.21. The zero-order valence-electron chi connectivity index (χ0n) is 9.31. The van der Waals surface area contributed by atoms with Crippen LogP contribution in [0.5, 0.6) is 0 Å². The van der Waals surface area contributed by atoms with Crippen molar-refractivity contribution in [2.45, 2.75) is 25.2 Å². The lowest BCUT2D eigenvalue weighted by molar-refractivity contribution is -0.130. The van der Waals surface area contributed by atoms with Gasteiger partial charge < -0.3 is 5.73 Å². The molecule has 0 heterocycles. The van der Waals surface area contributed by atoms with E-state index in [1.165, 1.54) is 0 Å². The van der Waals surface area contributed by atoms with Crippen LogP contribution in [0.15, 0.2) is 24.3 Å². The molecule has 0 radical (unpaired) electrons. The van der Waals surface area contributed by atoms with Gasteiger partial charge in [0.1, 0.15) is 11.6 Å². The Kier molecular flexibility index (Phi) is 3.04. The number of ketones is 2. The summed E-state index contributed by atoms with van der Waals surface area (Å²) in [7, 11) is 0. The summed E-state index contributed by atoms with van der Waals surface area (Å²) in [5.41, 5.74) is 6.49. The van der Waals surface area contributed by atoms with Gasteiger partial charge in [-0.3, -0.25) is 14.4 Å². The predicted molar refractivity (Wildman–Crippen MR) is 61.6 cm³/mol. The molecule has 0 unspecified atom stereocenters. The van der Waals surface area contributed by atoms with E-state index < -0.39 is 5.91 Å². The van der Waals surface area contributed by atoms with Crippen molar-refractivity contribution in [2.75, 3.05) is 0 Å². The highest BCUT2D eigenvalue weighted by Gasteiger charge is 2.26. The number of rotatable bonds is 2. The molecule has 1 aliphatic carbocycles. The summed E-state index contributed by atoms with van der Waals surface area (Å²) < 4.78 is 0. The molecule has 1 amide bonds.